The van der Waals surface area contributed by atoms with E-state index >= 15 is 0 Å². The Labute approximate surface area is 157 Å². The number of nitrogens with one attached hydrogen (secondary N) is 2. The van der Waals surface area contributed by atoms with Crippen molar-refractivity contribution < 1.29 is 13.5 Å². The van der Waals surface area contributed by atoms with Crippen molar-refractivity contribution in [3.05, 3.63) is 47.0 Å². The quantitative estimate of drug-likeness (QED) is 0.417. The average molecular weight is 380 g/mol. The standard InChI is InChI=1S/C18H26F2N6O/c1-12(14-6-7-15(19)16(20)10-14)23-18(21-8-5-9-27-4)22-11-17-25-24-13(2)26(17)3/h6-7,10,12H,5,8-9,11H2,1-4H3,(H2,21,22,23). The highest BCUT2D eigenvalue weighted by Crippen LogP contribution is 2.15. The average Bonchev–Trinajstić information content (AvgIpc) is 2.97. The normalized spacial score (nSPS) is 12.9. The van der Waals surface area contributed by atoms with Gasteiger partial charge in [-0.3, -0.25) is 0 Å². The Morgan fingerprint density at radius 3 is 2.70 bits per heavy atom. The number of methoxy groups -OCH3 is 1. The highest BCUT2D eigenvalue weighted by atomic mass is 19.2. The molecule has 1 atom stereocenters. The van der Waals surface area contributed by atoms with Gasteiger partial charge in [-0.25, -0.2) is 13.8 Å². The zero-order valence-electron chi connectivity index (χ0n) is 16.1. The Morgan fingerprint density at radius 1 is 1.30 bits per heavy atom. The highest BCUT2D eigenvalue weighted by Gasteiger charge is 2.12. The molecule has 1 heterocycles. The Bertz CT molecular complexity index is 777. The Morgan fingerprint density at radius 2 is 2.07 bits per heavy atom. The van der Waals surface area contributed by atoms with Crippen LogP contribution in [0.4, 0.5) is 8.78 Å². The summed E-state index contributed by atoms with van der Waals surface area (Å²) in [7, 11) is 3.53. The van der Waals surface area contributed by atoms with Gasteiger partial charge in [-0.05, 0) is 38.0 Å². The van der Waals surface area contributed by atoms with Gasteiger partial charge < -0.3 is 19.9 Å². The molecule has 2 rings (SSSR count). The molecule has 7 nitrogen and oxygen atoms in total. The Balaban J connectivity index is 2.09. The first-order valence-electron chi connectivity index (χ1n) is 8.76. The van der Waals surface area contributed by atoms with Crippen LogP contribution in [0.3, 0.4) is 0 Å². The van der Waals surface area contributed by atoms with Gasteiger partial charge in [-0.15, -0.1) is 10.2 Å². The maximum absolute atomic E-state index is 13.5. The fraction of sp³-hybridized carbons (Fsp3) is 0.500. The molecule has 0 saturated carbocycles. The third-order valence-corrected chi connectivity index (χ3v) is 4.18. The molecule has 0 aliphatic rings. The zero-order chi connectivity index (χ0) is 19.8. The number of aliphatic imine (C=N–C) groups is 1. The summed E-state index contributed by atoms with van der Waals surface area (Å²) < 4.78 is 33.6. The van der Waals surface area contributed by atoms with E-state index in [1.165, 1.54) is 6.07 Å². The zero-order valence-corrected chi connectivity index (χ0v) is 16.1. The van der Waals surface area contributed by atoms with Crippen LogP contribution in [-0.2, 0) is 18.3 Å². The number of nitrogens with zero attached hydrogens (tertiary/aromatic N) is 4. The minimum atomic E-state index is -0.873. The number of aryl methyl sites for hydroxylation is 1. The molecule has 148 valence electrons. The molecule has 9 heteroatoms. The second kappa shape index (κ2) is 9.96. The van der Waals surface area contributed by atoms with E-state index in [4.69, 9.17) is 4.74 Å². The molecule has 2 aromatic rings. The van der Waals surface area contributed by atoms with Crippen molar-refractivity contribution in [1.82, 2.24) is 25.4 Å². The topological polar surface area (TPSA) is 76.4 Å². The molecule has 2 N–H and O–H groups in total. The van der Waals surface area contributed by atoms with Crippen LogP contribution in [0.15, 0.2) is 23.2 Å². The minimum Gasteiger partial charge on any atom is -0.385 e. The first kappa shape index (κ1) is 20.8. The van der Waals surface area contributed by atoms with Crippen LogP contribution in [0.2, 0.25) is 0 Å². The summed E-state index contributed by atoms with van der Waals surface area (Å²) in [4.78, 5) is 4.53. The van der Waals surface area contributed by atoms with E-state index in [9.17, 15) is 8.78 Å². The monoisotopic (exact) mass is 380 g/mol. The predicted octanol–water partition coefficient (Wildman–Crippen LogP) is 2.23. The Hall–Kier alpha value is -2.55. The van der Waals surface area contributed by atoms with E-state index < -0.39 is 11.6 Å². The molecule has 0 aliphatic carbocycles. The maximum atomic E-state index is 13.5. The number of ether oxygens (including phenoxy) is 1. The lowest BCUT2D eigenvalue weighted by molar-refractivity contribution is 0.195. The number of hydrogen-bond donors (Lipinski definition) is 2. The van der Waals surface area contributed by atoms with Crippen LogP contribution in [-0.4, -0.2) is 41.0 Å². The van der Waals surface area contributed by atoms with Crippen LogP contribution in [0.5, 0.6) is 0 Å². The van der Waals surface area contributed by atoms with E-state index in [1.54, 1.807) is 13.2 Å². The molecule has 0 amide bonds. The van der Waals surface area contributed by atoms with Gasteiger partial charge in [0.15, 0.2) is 23.4 Å². The van der Waals surface area contributed by atoms with Gasteiger partial charge in [-0.1, -0.05) is 6.07 Å². The summed E-state index contributed by atoms with van der Waals surface area (Å²) in [5.41, 5.74) is 0.620. The third-order valence-electron chi connectivity index (χ3n) is 4.18. The summed E-state index contributed by atoms with van der Waals surface area (Å²) in [6, 6.07) is 3.58. The van der Waals surface area contributed by atoms with Gasteiger partial charge >= 0.3 is 0 Å². The largest absolute Gasteiger partial charge is 0.385 e. The molecule has 1 unspecified atom stereocenters. The van der Waals surface area contributed by atoms with Gasteiger partial charge in [-0.2, -0.15) is 0 Å². The molecular formula is C18H26F2N6O. The molecule has 1 aromatic heterocycles. The van der Waals surface area contributed by atoms with Gasteiger partial charge in [0, 0.05) is 27.3 Å². The van der Waals surface area contributed by atoms with E-state index in [0.717, 1.165) is 24.1 Å². The van der Waals surface area contributed by atoms with Crippen molar-refractivity contribution >= 4 is 5.96 Å². The third kappa shape index (κ3) is 5.99. The van der Waals surface area contributed by atoms with Crippen molar-refractivity contribution in [3.8, 4) is 0 Å². The van der Waals surface area contributed by atoms with Crippen LogP contribution in [0.25, 0.3) is 0 Å². The second-order valence-corrected chi connectivity index (χ2v) is 6.20. The molecule has 1 aromatic carbocycles. The number of aromatic nitrogens is 3. The van der Waals surface area contributed by atoms with Crippen molar-refractivity contribution in [2.75, 3.05) is 20.3 Å². The van der Waals surface area contributed by atoms with E-state index in [0.29, 0.717) is 31.2 Å². The van der Waals surface area contributed by atoms with Crippen LogP contribution in [0.1, 0.15) is 36.6 Å². The van der Waals surface area contributed by atoms with Crippen LogP contribution >= 0.6 is 0 Å². The number of hydrogen-bond acceptors (Lipinski definition) is 4. The first-order chi connectivity index (χ1) is 12.9. The predicted molar refractivity (Wildman–Crippen MR) is 99.3 cm³/mol. The fourth-order valence-corrected chi connectivity index (χ4v) is 2.38. The van der Waals surface area contributed by atoms with Gasteiger partial charge in [0.2, 0.25) is 0 Å². The van der Waals surface area contributed by atoms with Gasteiger partial charge in [0.25, 0.3) is 0 Å². The summed E-state index contributed by atoms with van der Waals surface area (Å²) in [5, 5.41) is 14.5. The molecule has 0 bridgehead atoms. The molecular weight excluding hydrogens is 354 g/mol. The lowest BCUT2D eigenvalue weighted by Crippen LogP contribution is -2.39. The molecule has 0 aliphatic heterocycles. The number of halogens is 2. The van der Waals surface area contributed by atoms with Gasteiger partial charge in [0.1, 0.15) is 12.4 Å². The first-order valence-corrected chi connectivity index (χ1v) is 8.76. The lowest BCUT2D eigenvalue weighted by Gasteiger charge is -2.19. The molecule has 0 spiro atoms. The lowest BCUT2D eigenvalue weighted by atomic mass is 10.1. The van der Waals surface area contributed by atoms with Crippen molar-refractivity contribution in [2.45, 2.75) is 32.9 Å². The summed E-state index contributed by atoms with van der Waals surface area (Å²) in [6.07, 6.45) is 0.805. The summed E-state index contributed by atoms with van der Waals surface area (Å²) >= 11 is 0. The summed E-state index contributed by atoms with van der Waals surface area (Å²) in [5.74, 6) is 0.338. The van der Waals surface area contributed by atoms with Crippen molar-refractivity contribution in [3.63, 3.8) is 0 Å². The van der Waals surface area contributed by atoms with Crippen molar-refractivity contribution in [1.29, 1.82) is 0 Å². The SMILES string of the molecule is COCCCNC(=NCc1nnc(C)n1C)NC(C)c1ccc(F)c(F)c1. The molecule has 27 heavy (non-hydrogen) atoms. The maximum Gasteiger partial charge on any atom is 0.192 e. The summed E-state index contributed by atoms with van der Waals surface area (Å²) in [6.45, 7) is 5.34. The van der Waals surface area contributed by atoms with Crippen molar-refractivity contribution in [2.24, 2.45) is 12.0 Å². The van der Waals surface area contributed by atoms with E-state index in [1.807, 2.05) is 25.5 Å². The van der Waals surface area contributed by atoms with E-state index in [-0.39, 0.29) is 6.04 Å². The van der Waals surface area contributed by atoms with Crippen LogP contribution in [0, 0.1) is 18.6 Å². The second-order valence-electron chi connectivity index (χ2n) is 6.20. The molecule has 0 radical (unpaired) electrons. The highest BCUT2D eigenvalue weighted by molar-refractivity contribution is 5.80. The van der Waals surface area contributed by atoms with E-state index in [2.05, 4.69) is 25.8 Å². The number of benzene rings is 1. The minimum absolute atomic E-state index is 0.269. The number of rotatable bonds is 8. The van der Waals surface area contributed by atoms with Crippen LogP contribution < -0.4 is 10.6 Å². The molecule has 0 saturated heterocycles. The smallest absolute Gasteiger partial charge is 0.192 e. The molecule has 0 fully saturated rings. The number of guanidine groups is 1. The van der Waals surface area contributed by atoms with Gasteiger partial charge in [0.05, 0.1) is 6.04 Å². The Kier molecular flexibility index (Phi) is 7.66. The fourth-order valence-electron chi connectivity index (χ4n) is 2.38.